The van der Waals surface area contributed by atoms with Gasteiger partial charge in [0, 0.05) is 16.9 Å². The monoisotopic (exact) mass is 280 g/mol. The van der Waals surface area contributed by atoms with Crippen molar-refractivity contribution in [3.05, 3.63) is 46.5 Å². The topological polar surface area (TPSA) is 70.7 Å². The fraction of sp³-hybridized carbons (Fsp3) is 0.100. The lowest BCUT2D eigenvalue weighted by atomic mass is 10.3. The first kappa shape index (κ1) is 10.8. The van der Waals surface area contributed by atoms with E-state index < -0.39 is 0 Å². The van der Waals surface area contributed by atoms with E-state index in [1.807, 2.05) is 0 Å². The fourth-order valence-corrected chi connectivity index (χ4v) is 1.39. The molecule has 82 valence electrons. The summed E-state index contributed by atoms with van der Waals surface area (Å²) in [6.07, 6.45) is 3.23. The van der Waals surface area contributed by atoms with E-state index >= 15 is 0 Å². The molecule has 0 saturated heterocycles. The Hall–Kier alpha value is -1.69. The largest absolute Gasteiger partial charge is 0.345 e. The maximum Gasteiger partial charge on any atom is 0.270 e. The molecule has 2 aromatic rings. The summed E-state index contributed by atoms with van der Waals surface area (Å²) in [5.74, 6) is -0.206. The van der Waals surface area contributed by atoms with E-state index in [1.165, 1.54) is 0 Å². The van der Waals surface area contributed by atoms with Gasteiger partial charge in [0.15, 0.2) is 0 Å². The van der Waals surface area contributed by atoms with Gasteiger partial charge in [0.25, 0.3) is 5.91 Å². The minimum atomic E-state index is -0.206. The molecule has 0 bridgehead atoms. The number of rotatable bonds is 3. The smallest absolute Gasteiger partial charge is 0.270 e. The highest BCUT2D eigenvalue weighted by molar-refractivity contribution is 9.10. The van der Waals surface area contributed by atoms with E-state index in [1.54, 1.807) is 30.6 Å². The first-order valence-electron chi connectivity index (χ1n) is 4.64. The lowest BCUT2D eigenvalue weighted by molar-refractivity contribution is 0.0945. The Morgan fingerprint density at radius 1 is 1.44 bits per heavy atom. The van der Waals surface area contributed by atoms with E-state index in [9.17, 15) is 4.79 Å². The molecule has 0 aromatic carbocycles. The first-order chi connectivity index (χ1) is 7.75. The van der Waals surface area contributed by atoms with E-state index in [4.69, 9.17) is 0 Å². The lowest BCUT2D eigenvalue weighted by Crippen LogP contribution is -2.23. The minimum Gasteiger partial charge on any atom is -0.345 e. The van der Waals surface area contributed by atoms with E-state index in [0.717, 1.165) is 10.2 Å². The third-order valence-corrected chi connectivity index (χ3v) is 2.43. The zero-order chi connectivity index (χ0) is 11.4. The van der Waals surface area contributed by atoms with Gasteiger partial charge in [-0.15, -0.1) is 0 Å². The molecule has 2 heterocycles. The van der Waals surface area contributed by atoms with Crippen molar-refractivity contribution < 1.29 is 4.79 Å². The number of pyridine rings is 1. The van der Waals surface area contributed by atoms with Gasteiger partial charge in [-0.25, -0.2) is 4.98 Å². The average Bonchev–Trinajstić information content (AvgIpc) is 2.80. The molecule has 16 heavy (non-hydrogen) atoms. The van der Waals surface area contributed by atoms with Crippen LogP contribution in [0.5, 0.6) is 0 Å². The quantitative estimate of drug-likeness (QED) is 0.895. The zero-order valence-corrected chi connectivity index (χ0v) is 9.86. The third kappa shape index (κ3) is 2.66. The van der Waals surface area contributed by atoms with Crippen molar-refractivity contribution in [1.82, 2.24) is 20.5 Å². The highest BCUT2D eigenvalue weighted by Crippen LogP contribution is 2.07. The summed E-state index contributed by atoms with van der Waals surface area (Å²) < 4.78 is 0.845. The van der Waals surface area contributed by atoms with Crippen molar-refractivity contribution in [3.8, 4) is 0 Å². The molecular weight excluding hydrogens is 272 g/mol. The number of aromatic amines is 1. The summed E-state index contributed by atoms with van der Waals surface area (Å²) in [4.78, 5) is 15.6. The molecule has 0 unspecified atom stereocenters. The molecule has 5 nitrogen and oxygen atoms in total. The number of hydrogen-bond donors (Lipinski definition) is 2. The summed E-state index contributed by atoms with van der Waals surface area (Å²) in [5.41, 5.74) is 1.24. The SMILES string of the molecule is O=C(NCc1ccn[nH]1)c1ccc(Br)cn1. The Morgan fingerprint density at radius 2 is 2.31 bits per heavy atom. The van der Waals surface area contributed by atoms with Gasteiger partial charge in [0.2, 0.25) is 0 Å². The van der Waals surface area contributed by atoms with Crippen LogP contribution in [0.15, 0.2) is 35.1 Å². The molecule has 1 amide bonds. The van der Waals surface area contributed by atoms with E-state index in [-0.39, 0.29) is 5.91 Å². The van der Waals surface area contributed by atoms with E-state index in [0.29, 0.717) is 12.2 Å². The molecule has 0 fully saturated rings. The second-order valence-electron chi connectivity index (χ2n) is 3.13. The van der Waals surface area contributed by atoms with Crippen molar-refractivity contribution in [2.24, 2.45) is 0 Å². The van der Waals surface area contributed by atoms with Gasteiger partial charge >= 0.3 is 0 Å². The Bertz CT molecular complexity index is 466. The van der Waals surface area contributed by atoms with Gasteiger partial charge in [-0.05, 0) is 34.1 Å². The van der Waals surface area contributed by atoms with Crippen LogP contribution in [0.1, 0.15) is 16.2 Å². The van der Waals surface area contributed by atoms with Crippen LogP contribution in [0.4, 0.5) is 0 Å². The van der Waals surface area contributed by atoms with Crippen LogP contribution < -0.4 is 5.32 Å². The van der Waals surface area contributed by atoms with Gasteiger partial charge in [-0.3, -0.25) is 9.89 Å². The van der Waals surface area contributed by atoms with Crippen molar-refractivity contribution in [1.29, 1.82) is 0 Å². The second kappa shape index (κ2) is 4.89. The van der Waals surface area contributed by atoms with Crippen LogP contribution >= 0.6 is 15.9 Å². The molecule has 0 aliphatic heterocycles. The molecule has 0 saturated carbocycles. The molecule has 0 aliphatic rings. The maximum atomic E-state index is 11.6. The third-order valence-electron chi connectivity index (χ3n) is 1.96. The summed E-state index contributed by atoms with van der Waals surface area (Å²) in [6, 6.07) is 5.24. The summed E-state index contributed by atoms with van der Waals surface area (Å²) in [7, 11) is 0. The molecule has 0 aliphatic carbocycles. The average molecular weight is 281 g/mol. The van der Waals surface area contributed by atoms with Gasteiger partial charge in [-0.1, -0.05) is 0 Å². The second-order valence-corrected chi connectivity index (χ2v) is 4.04. The number of nitrogens with one attached hydrogen (secondary N) is 2. The number of H-pyrrole nitrogens is 1. The normalized spacial score (nSPS) is 10.1. The number of nitrogens with zero attached hydrogens (tertiary/aromatic N) is 2. The van der Waals surface area contributed by atoms with Crippen LogP contribution in [0, 0.1) is 0 Å². The highest BCUT2D eigenvalue weighted by atomic mass is 79.9. The predicted molar refractivity (Wildman–Crippen MR) is 61.7 cm³/mol. The molecule has 0 atom stereocenters. The Morgan fingerprint density at radius 3 is 2.94 bits per heavy atom. The van der Waals surface area contributed by atoms with Crippen LogP contribution in [-0.4, -0.2) is 21.1 Å². The van der Waals surface area contributed by atoms with Crippen molar-refractivity contribution in [2.45, 2.75) is 6.54 Å². The summed E-state index contributed by atoms with van der Waals surface area (Å²) in [6.45, 7) is 0.413. The number of carbonyl (C=O) groups excluding carboxylic acids is 1. The molecule has 2 N–H and O–H groups in total. The minimum absolute atomic E-state index is 0.206. The number of halogens is 1. The molecule has 0 radical (unpaired) electrons. The van der Waals surface area contributed by atoms with E-state index in [2.05, 4.69) is 36.4 Å². The molecule has 2 rings (SSSR count). The van der Waals surface area contributed by atoms with Crippen LogP contribution in [0.2, 0.25) is 0 Å². The summed E-state index contributed by atoms with van der Waals surface area (Å²) >= 11 is 3.26. The van der Waals surface area contributed by atoms with Gasteiger partial charge in [-0.2, -0.15) is 5.10 Å². The predicted octanol–water partition coefficient (Wildman–Crippen LogP) is 1.50. The van der Waals surface area contributed by atoms with Gasteiger partial charge in [0.05, 0.1) is 12.2 Å². The Labute approximate surface area is 100 Å². The molecular formula is C10H9BrN4O. The summed E-state index contributed by atoms with van der Waals surface area (Å²) in [5, 5.41) is 9.28. The number of amides is 1. The Balaban J connectivity index is 1.95. The van der Waals surface area contributed by atoms with Crippen molar-refractivity contribution in [2.75, 3.05) is 0 Å². The lowest BCUT2D eigenvalue weighted by Gasteiger charge is -2.02. The fourth-order valence-electron chi connectivity index (χ4n) is 1.16. The zero-order valence-electron chi connectivity index (χ0n) is 8.27. The number of carbonyl (C=O) groups is 1. The van der Waals surface area contributed by atoms with Crippen LogP contribution in [0.25, 0.3) is 0 Å². The molecule has 6 heteroatoms. The number of hydrogen-bond acceptors (Lipinski definition) is 3. The highest BCUT2D eigenvalue weighted by Gasteiger charge is 2.06. The molecule has 2 aromatic heterocycles. The van der Waals surface area contributed by atoms with Gasteiger partial charge in [0.1, 0.15) is 5.69 Å². The Kier molecular flexibility index (Phi) is 3.31. The van der Waals surface area contributed by atoms with Gasteiger partial charge < -0.3 is 5.32 Å². The van der Waals surface area contributed by atoms with Crippen molar-refractivity contribution >= 4 is 21.8 Å². The molecule has 0 spiro atoms. The number of aromatic nitrogens is 3. The first-order valence-corrected chi connectivity index (χ1v) is 5.43. The van der Waals surface area contributed by atoms with Crippen LogP contribution in [0.3, 0.4) is 0 Å². The standard InChI is InChI=1S/C10H9BrN4O/c11-7-1-2-9(12-5-7)10(16)13-6-8-3-4-14-15-8/h1-5H,6H2,(H,13,16)(H,14,15). The van der Waals surface area contributed by atoms with Crippen LogP contribution in [-0.2, 0) is 6.54 Å². The maximum absolute atomic E-state index is 11.6. The van der Waals surface area contributed by atoms with Crippen molar-refractivity contribution in [3.63, 3.8) is 0 Å².